The molecule has 1 amide bonds. The van der Waals surface area contributed by atoms with Gasteiger partial charge in [0.05, 0.1) is 6.42 Å². The molecule has 0 radical (unpaired) electrons. The van der Waals surface area contributed by atoms with Crippen molar-refractivity contribution in [3.8, 4) is 0 Å². The molecule has 0 aliphatic carbocycles. The van der Waals surface area contributed by atoms with Crippen LogP contribution in [0.4, 0.5) is 0 Å². The van der Waals surface area contributed by atoms with Crippen molar-refractivity contribution in [1.29, 1.82) is 0 Å². The summed E-state index contributed by atoms with van der Waals surface area (Å²) in [5.41, 5.74) is 6.79. The van der Waals surface area contributed by atoms with E-state index in [4.69, 9.17) is 5.73 Å². The van der Waals surface area contributed by atoms with Gasteiger partial charge in [0, 0.05) is 6.54 Å². The quantitative estimate of drug-likeness (QED) is 0.757. The van der Waals surface area contributed by atoms with Gasteiger partial charge < -0.3 is 16.2 Å². The van der Waals surface area contributed by atoms with Gasteiger partial charge in [-0.3, -0.25) is 4.79 Å². The number of nitrogens with one attached hydrogen (secondary N) is 1. The number of aliphatic carboxylic acids is 1. The summed E-state index contributed by atoms with van der Waals surface area (Å²) in [6.07, 6.45) is 0.132. The van der Waals surface area contributed by atoms with E-state index in [2.05, 4.69) is 5.32 Å². The molecule has 4 N–H and O–H groups in total. The van der Waals surface area contributed by atoms with E-state index in [1.54, 1.807) is 20.8 Å². The van der Waals surface area contributed by atoms with E-state index in [1.807, 2.05) is 24.3 Å². The highest BCUT2D eigenvalue weighted by molar-refractivity contribution is 5.85. The summed E-state index contributed by atoms with van der Waals surface area (Å²) in [4.78, 5) is 23.2. The van der Waals surface area contributed by atoms with Crippen molar-refractivity contribution in [3.05, 3.63) is 35.4 Å². The molecule has 0 saturated heterocycles. The highest BCUT2D eigenvalue weighted by Crippen LogP contribution is 2.19. The number of nitrogens with two attached hydrogens (primary N) is 1. The molecular formula is C15H22N2O3. The van der Waals surface area contributed by atoms with Crippen LogP contribution in [0.5, 0.6) is 0 Å². The summed E-state index contributed by atoms with van der Waals surface area (Å²) in [5, 5.41) is 11.8. The lowest BCUT2D eigenvalue weighted by Crippen LogP contribution is -2.49. The fourth-order valence-electron chi connectivity index (χ4n) is 1.96. The number of carbonyl (C=O) groups is 2. The Balaban J connectivity index is 2.79. The van der Waals surface area contributed by atoms with Crippen LogP contribution in [0.1, 0.15) is 31.9 Å². The van der Waals surface area contributed by atoms with Crippen molar-refractivity contribution >= 4 is 11.9 Å². The highest BCUT2D eigenvalue weighted by Gasteiger charge is 2.32. The second kappa shape index (κ2) is 6.52. The van der Waals surface area contributed by atoms with Crippen molar-refractivity contribution in [1.82, 2.24) is 5.32 Å². The summed E-state index contributed by atoms with van der Waals surface area (Å²) in [6.45, 7) is 5.69. The van der Waals surface area contributed by atoms with E-state index in [0.29, 0.717) is 6.54 Å². The Morgan fingerprint density at radius 1 is 1.25 bits per heavy atom. The lowest BCUT2D eigenvalue weighted by molar-refractivity contribution is -0.144. The molecule has 0 aromatic heterocycles. The molecule has 110 valence electrons. The van der Waals surface area contributed by atoms with Crippen LogP contribution >= 0.6 is 0 Å². The number of carboxylic acid groups (broad SMARTS) is 1. The second-order valence-electron chi connectivity index (χ2n) is 5.85. The molecule has 0 aliphatic rings. The van der Waals surface area contributed by atoms with Gasteiger partial charge >= 0.3 is 5.97 Å². The second-order valence-corrected chi connectivity index (χ2v) is 5.85. The maximum Gasteiger partial charge on any atom is 0.326 e. The molecule has 0 aliphatic heterocycles. The zero-order valence-corrected chi connectivity index (χ0v) is 12.1. The molecule has 1 aromatic rings. The number of carboxylic acids is 1. The standard InChI is InChI=1S/C15H22N2O3/c1-15(2,3)13(14(19)20)17-12(18)8-10-6-4-5-7-11(10)9-16/h4-7,13H,8-9,16H2,1-3H3,(H,17,18)(H,19,20). The monoisotopic (exact) mass is 278 g/mol. The summed E-state index contributed by atoms with van der Waals surface area (Å²) in [6, 6.07) is 6.47. The largest absolute Gasteiger partial charge is 0.480 e. The fraction of sp³-hybridized carbons (Fsp3) is 0.467. The molecule has 5 nitrogen and oxygen atoms in total. The minimum Gasteiger partial charge on any atom is -0.480 e. The van der Waals surface area contributed by atoms with Crippen molar-refractivity contribution in [2.75, 3.05) is 0 Å². The van der Waals surface area contributed by atoms with Crippen LogP contribution in [0.15, 0.2) is 24.3 Å². The minimum absolute atomic E-state index is 0.132. The Hall–Kier alpha value is -1.88. The van der Waals surface area contributed by atoms with Gasteiger partial charge in [-0.2, -0.15) is 0 Å². The first-order valence-corrected chi connectivity index (χ1v) is 6.54. The van der Waals surface area contributed by atoms with Crippen molar-refractivity contribution in [3.63, 3.8) is 0 Å². The molecule has 5 heteroatoms. The van der Waals surface area contributed by atoms with Gasteiger partial charge in [0.2, 0.25) is 5.91 Å². The maximum atomic E-state index is 12.0. The molecule has 0 bridgehead atoms. The molecular weight excluding hydrogens is 256 g/mol. The van der Waals surface area contributed by atoms with Crippen molar-refractivity contribution in [2.24, 2.45) is 11.1 Å². The van der Waals surface area contributed by atoms with E-state index in [0.717, 1.165) is 11.1 Å². The molecule has 20 heavy (non-hydrogen) atoms. The zero-order chi connectivity index (χ0) is 15.3. The Labute approximate surface area is 119 Å². The van der Waals surface area contributed by atoms with Gasteiger partial charge in [0.15, 0.2) is 0 Å². The van der Waals surface area contributed by atoms with E-state index < -0.39 is 17.4 Å². The van der Waals surface area contributed by atoms with Crippen LogP contribution in [0.2, 0.25) is 0 Å². The Morgan fingerprint density at radius 2 is 1.80 bits per heavy atom. The van der Waals surface area contributed by atoms with Gasteiger partial charge in [-0.05, 0) is 16.5 Å². The number of benzene rings is 1. The third-order valence-electron chi connectivity index (χ3n) is 3.11. The lowest BCUT2D eigenvalue weighted by Gasteiger charge is -2.27. The number of amides is 1. The molecule has 0 heterocycles. The summed E-state index contributed by atoms with van der Waals surface area (Å²) in [7, 11) is 0. The first-order valence-electron chi connectivity index (χ1n) is 6.54. The van der Waals surface area contributed by atoms with Crippen molar-refractivity contribution in [2.45, 2.75) is 39.8 Å². The zero-order valence-electron chi connectivity index (χ0n) is 12.1. The van der Waals surface area contributed by atoms with E-state index >= 15 is 0 Å². The molecule has 1 rings (SSSR count). The SMILES string of the molecule is CC(C)(C)C(NC(=O)Cc1ccccc1CN)C(=O)O. The number of hydrogen-bond donors (Lipinski definition) is 3. The van der Waals surface area contributed by atoms with E-state index in [-0.39, 0.29) is 12.3 Å². The van der Waals surface area contributed by atoms with Gasteiger partial charge in [0.25, 0.3) is 0 Å². The van der Waals surface area contributed by atoms with Gasteiger partial charge in [-0.15, -0.1) is 0 Å². The first kappa shape index (κ1) is 16.2. The van der Waals surface area contributed by atoms with Gasteiger partial charge in [0.1, 0.15) is 6.04 Å². The molecule has 1 aromatic carbocycles. The number of rotatable bonds is 5. The van der Waals surface area contributed by atoms with E-state index in [9.17, 15) is 14.7 Å². The van der Waals surface area contributed by atoms with Gasteiger partial charge in [-0.25, -0.2) is 4.79 Å². The maximum absolute atomic E-state index is 12.0. The topological polar surface area (TPSA) is 92.4 Å². The smallest absolute Gasteiger partial charge is 0.326 e. The lowest BCUT2D eigenvalue weighted by atomic mass is 9.86. The summed E-state index contributed by atoms with van der Waals surface area (Å²) >= 11 is 0. The van der Waals surface area contributed by atoms with Crippen LogP contribution in [-0.2, 0) is 22.6 Å². The molecule has 0 fully saturated rings. The van der Waals surface area contributed by atoms with Crippen LogP contribution < -0.4 is 11.1 Å². The average molecular weight is 278 g/mol. The summed E-state index contributed by atoms with van der Waals surface area (Å²) in [5.74, 6) is -1.34. The van der Waals surface area contributed by atoms with Crippen LogP contribution in [-0.4, -0.2) is 23.0 Å². The van der Waals surface area contributed by atoms with Crippen LogP contribution in [0.25, 0.3) is 0 Å². The fourth-order valence-corrected chi connectivity index (χ4v) is 1.96. The molecule has 1 unspecified atom stereocenters. The third kappa shape index (κ3) is 4.35. The number of hydrogen-bond acceptors (Lipinski definition) is 3. The predicted octanol–water partition coefficient (Wildman–Crippen LogP) is 1.30. The highest BCUT2D eigenvalue weighted by atomic mass is 16.4. The Kier molecular flexibility index (Phi) is 5.27. The average Bonchev–Trinajstić information content (AvgIpc) is 2.35. The first-order chi connectivity index (χ1) is 9.25. The molecule has 0 saturated carbocycles. The third-order valence-corrected chi connectivity index (χ3v) is 3.11. The Bertz CT molecular complexity index is 492. The van der Waals surface area contributed by atoms with Gasteiger partial charge in [-0.1, -0.05) is 45.0 Å². The minimum atomic E-state index is -1.03. The normalized spacial score (nSPS) is 12.8. The van der Waals surface area contributed by atoms with Crippen LogP contribution in [0, 0.1) is 5.41 Å². The van der Waals surface area contributed by atoms with E-state index in [1.165, 1.54) is 0 Å². The predicted molar refractivity (Wildman–Crippen MR) is 77.1 cm³/mol. The molecule has 1 atom stereocenters. The number of carbonyl (C=O) groups excluding carboxylic acids is 1. The van der Waals surface area contributed by atoms with Crippen LogP contribution in [0.3, 0.4) is 0 Å². The summed E-state index contributed by atoms with van der Waals surface area (Å²) < 4.78 is 0. The molecule has 0 spiro atoms. The Morgan fingerprint density at radius 3 is 2.25 bits per heavy atom. The van der Waals surface area contributed by atoms with Crippen molar-refractivity contribution < 1.29 is 14.7 Å².